The number of nitrogens with one attached hydrogen (secondary N) is 1. The summed E-state index contributed by atoms with van der Waals surface area (Å²) in [6.07, 6.45) is 2.36. The van der Waals surface area contributed by atoms with Crippen molar-refractivity contribution in [2.24, 2.45) is 11.3 Å². The highest BCUT2D eigenvalue weighted by Crippen LogP contribution is 2.46. The molecule has 1 saturated heterocycles. The summed E-state index contributed by atoms with van der Waals surface area (Å²) in [5.41, 5.74) is 0.00676. The summed E-state index contributed by atoms with van der Waals surface area (Å²) in [6, 6.07) is 1.91. The van der Waals surface area contributed by atoms with Gasteiger partial charge in [-0.25, -0.2) is 0 Å². The molecule has 2 atom stereocenters. The lowest BCUT2D eigenvalue weighted by atomic mass is 9.76. The highest BCUT2D eigenvalue weighted by atomic mass is 19.4. The number of hydrogen-bond acceptors (Lipinski definition) is 4. The molecule has 2 aliphatic heterocycles. The summed E-state index contributed by atoms with van der Waals surface area (Å²) in [6.45, 7) is 6.56. The molecular weight excluding hydrogens is 419 g/mol. The van der Waals surface area contributed by atoms with Gasteiger partial charge in [-0.15, -0.1) is 0 Å². The Morgan fingerprint density at radius 2 is 2.03 bits per heavy atom. The lowest BCUT2D eigenvalue weighted by Gasteiger charge is -2.38. The topological polar surface area (TPSA) is 54.5 Å². The predicted molar refractivity (Wildman–Crippen MR) is 115 cm³/mol. The van der Waals surface area contributed by atoms with Gasteiger partial charge in [0.2, 0.25) is 5.91 Å². The standard InChI is InChI=1S/C24H34F3N3O2/c1-16(2)12-23(7-3-20(13-23)29-19-5-9-32-10-6-19)22(31)30-8-4-21-17(15-30)11-18(14-28-21)24(25,26)27/h11,14,16,19-20,29H,3-10,12-13,15H2,1-2H3/t20?,23-/m1/s1. The molecule has 1 aromatic heterocycles. The van der Waals surface area contributed by atoms with E-state index in [-0.39, 0.29) is 12.5 Å². The van der Waals surface area contributed by atoms with Gasteiger partial charge in [-0.05, 0) is 56.1 Å². The third-order valence-corrected chi connectivity index (χ3v) is 7.21. The molecule has 0 radical (unpaired) electrons. The Hall–Kier alpha value is -1.67. The van der Waals surface area contributed by atoms with Crippen molar-refractivity contribution >= 4 is 5.91 Å². The van der Waals surface area contributed by atoms with Gasteiger partial charge < -0.3 is 15.0 Å². The van der Waals surface area contributed by atoms with Gasteiger partial charge in [-0.1, -0.05) is 13.8 Å². The number of aromatic nitrogens is 1. The Morgan fingerprint density at radius 3 is 2.72 bits per heavy atom. The number of ether oxygens (including phenoxy) is 1. The first kappa shape index (κ1) is 23.5. The zero-order chi connectivity index (χ0) is 22.9. The van der Waals surface area contributed by atoms with Gasteiger partial charge in [-0.3, -0.25) is 9.78 Å². The molecule has 1 amide bonds. The zero-order valence-corrected chi connectivity index (χ0v) is 19.0. The van der Waals surface area contributed by atoms with Gasteiger partial charge in [0.05, 0.1) is 11.0 Å². The van der Waals surface area contributed by atoms with Crippen molar-refractivity contribution < 1.29 is 22.7 Å². The van der Waals surface area contributed by atoms with E-state index in [1.54, 1.807) is 4.90 Å². The van der Waals surface area contributed by atoms with E-state index >= 15 is 0 Å². The monoisotopic (exact) mass is 453 g/mol. The maximum absolute atomic E-state index is 13.8. The van der Waals surface area contributed by atoms with Crippen LogP contribution in [0.1, 0.15) is 69.2 Å². The van der Waals surface area contributed by atoms with E-state index in [9.17, 15) is 18.0 Å². The van der Waals surface area contributed by atoms with E-state index < -0.39 is 17.2 Å². The van der Waals surface area contributed by atoms with E-state index in [1.165, 1.54) is 6.07 Å². The first-order valence-electron chi connectivity index (χ1n) is 11.8. The molecule has 3 aliphatic rings. The zero-order valence-electron chi connectivity index (χ0n) is 19.0. The molecule has 178 valence electrons. The third kappa shape index (κ3) is 5.11. The molecular formula is C24H34F3N3O2. The number of halogens is 3. The Morgan fingerprint density at radius 1 is 1.28 bits per heavy atom. The van der Waals surface area contributed by atoms with Gasteiger partial charge in [0.1, 0.15) is 0 Å². The maximum atomic E-state index is 13.8. The van der Waals surface area contributed by atoms with Crippen molar-refractivity contribution in [2.75, 3.05) is 19.8 Å². The van der Waals surface area contributed by atoms with Crippen LogP contribution in [0.5, 0.6) is 0 Å². The second-order valence-electron chi connectivity index (χ2n) is 10.2. The van der Waals surface area contributed by atoms with E-state index in [0.717, 1.165) is 57.9 Å². The second kappa shape index (κ2) is 9.29. The largest absolute Gasteiger partial charge is 0.417 e. The van der Waals surface area contributed by atoms with Gasteiger partial charge in [0, 0.05) is 56.7 Å². The highest BCUT2D eigenvalue weighted by molar-refractivity contribution is 5.83. The molecule has 0 bridgehead atoms. The molecule has 32 heavy (non-hydrogen) atoms. The van der Waals surface area contributed by atoms with Crippen LogP contribution in [0.25, 0.3) is 0 Å². The number of nitrogens with zero attached hydrogens (tertiary/aromatic N) is 2. The van der Waals surface area contributed by atoms with Crippen LogP contribution in [-0.2, 0) is 28.7 Å². The number of amides is 1. The number of alkyl halides is 3. The molecule has 1 aromatic rings. The number of carbonyl (C=O) groups is 1. The van der Waals surface area contributed by atoms with E-state index in [4.69, 9.17) is 4.74 Å². The second-order valence-corrected chi connectivity index (χ2v) is 10.2. The SMILES string of the molecule is CC(C)C[C@]1(C(=O)N2CCc3ncc(C(F)(F)F)cc3C2)CCC(NC2CCOCC2)C1. The van der Waals surface area contributed by atoms with Crippen LogP contribution in [-0.4, -0.2) is 47.6 Å². The van der Waals surface area contributed by atoms with Gasteiger partial charge in [0.15, 0.2) is 0 Å². The van der Waals surface area contributed by atoms with Crippen molar-refractivity contribution in [3.05, 3.63) is 29.1 Å². The molecule has 0 spiro atoms. The molecule has 2 fully saturated rings. The molecule has 4 rings (SSSR count). The van der Waals surface area contributed by atoms with E-state index in [1.807, 2.05) is 0 Å². The molecule has 1 unspecified atom stereocenters. The van der Waals surface area contributed by atoms with Gasteiger partial charge in [-0.2, -0.15) is 13.2 Å². The molecule has 5 nitrogen and oxygen atoms in total. The molecule has 1 N–H and O–H groups in total. The van der Waals surface area contributed by atoms with Crippen molar-refractivity contribution in [1.29, 1.82) is 0 Å². The van der Waals surface area contributed by atoms with Crippen LogP contribution in [0.4, 0.5) is 13.2 Å². The fraction of sp³-hybridized carbons (Fsp3) is 0.750. The molecule has 0 aromatic carbocycles. The summed E-state index contributed by atoms with van der Waals surface area (Å²) in [5, 5.41) is 3.76. The first-order chi connectivity index (χ1) is 15.2. The number of fused-ring (bicyclic) bond motifs is 1. The van der Waals surface area contributed by atoms with Crippen LogP contribution in [0.3, 0.4) is 0 Å². The van der Waals surface area contributed by atoms with Crippen LogP contribution < -0.4 is 5.32 Å². The van der Waals surface area contributed by atoms with Crippen LogP contribution >= 0.6 is 0 Å². The van der Waals surface area contributed by atoms with Crippen molar-refractivity contribution in [3.8, 4) is 0 Å². The Bertz CT molecular complexity index is 823. The van der Waals surface area contributed by atoms with Gasteiger partial charge in [0.25, 0.3) is 0 Å². The fourth-order valence-corrected chi connectivity index (χ4v) is 5.80. The van der Waals surface area contributed by atoms with Crippen LogP contribution in [0, 0.1) is 11.3 Å². The number of carbonyl (C=O) groups excluding carboxylic acids is 1. The average molecular weight is 454 g/mol. The number of rotatable bonds is 5. The lowest BCUT2D eigenvalue weighted by Crippen LogP contribution is -2.47. The fourth-order valence-electron chi connectivity index (χ4n) is 5.80. The summed E-state index contributed by atoms with van der Waals surface area (Å²) in [7, 11) is 0. The van der Waals surface area contributed by atoms with Crippen molar-refractivity contribution in [2.45, 2.75) is 83.6 Å². The molecule has 8 heteroatoms. The summed E-state index contributed by atoms with van der Waals surface area (Å²) < 4.78 is 44.9. The average Bonchev–Trinajstić information content (AvgIpc) is 3.15. The minimum atomic E-state index is -4.43. The third-order valence-electron chi connectivity index (χ3n) is 7.21. The normalized spacial score (nSPS) is 27.1. The van der Waals surface area contributed by atoms with Crippen molar-refractivity contribution in [3.63, 3.8) is 0 Å². The van der Waals surface area contributed by atoms with Crippen LogP contribution in [0.15, 0.2) is 12.3 Å². The summed E-state index contributed by atoms with van der Waals surface area (Å²) in [4.78, 5) is 19.6. The molecule has 1 aliphatic carbocycles. The lowest BCUT2D eigenvalue weighted by molar-refractivity contribution is -0.144. The highest BCUT2D eigenvalue weighted by Gasteiger charge is 2.48. The van der Waals surface area contributed by atoms with E-state index in [2.05, 4.69) is 24.1 Å². The minimum absolute atomic E-state index is 0.102. The molecule has 3 heterocycles. The van der Waals surface area contributed by atoms with Crippen LogP contribution in [0.2, 0.25) is 0 Å². The summed E-state index contributed by atoms with van der Waals surface area (Å²) in [5.74, 6) is 0.474. The Labute approximate surface area is 188 Å². The first-order valence-corrected chi connectivity index (χ1v) is 11.8. The van der Waals surface area contributed by atoms with Crippen molar-refractivity contribution in [1.82, 2.24) is 15.2 Å². The summed E-state index contributed by atoms with van der Waals surface area (Å²) >= 11 is 0. The quantitative estimate of drug-likeness (QED) is 0.721. The number of hydrogen-bond donors (Lipinski definition) is 1. The maximum Gasteiger partial charge on any atom is 0.417 e. The van der Waals surface area contributed by atoms with Gasteiger partial charge >= 0.3 is 6.18 Å². The Kier molecular flexibility index (Phi) is 6.82. The predicted octanol–water partition coefficient (Wildman–Crippen LogP) is 4.34. The minimum Gasteiger partial charge on any atom is -0.381 e. The number of pyridine rings is 1. The Balaban J connectivity index is 1.49. The van der Waals surface area contributed by atoms with E-state index in [0.29, 0.717) is 42.2 Å². The molecule has 1 saturated carbocycles. The smallest absolute Gasteiger partial charge is 0.381 e.